The SMILES string of the molecule is CC(C)(C)[S+]([O-])N[C@@H]1c2ccccc2CC12CCN(c1nc3ccc(I)c4ncc1n34)CC2. The van der Waals surface area contributed by atoms with Crippen molar-refractivity contribution in [3.63, 3.8) is 0 Å². The van der Waals surface area contributed by atoms with Crippen LogP contribution in [-0.2, 0) is 17.8 Å². The molecule has 0 amide bonds. The number of aromatic nitrogens is 3. The molecule has 1 aliphatic carbocycles. The molecule has 0 radical (unpaired) electrons. The lowest BCUT2D eigenvalue weighted by molar-refractivity contribution is 0.176. The van der Waals surface area contributed by atoms with Crippen LogP contribution in [0.4, 0.5) is 5.82 Å². The van der Waals surface area contributed by atoms with E-state index in [0.29, 0.717) is 0 Å². The van der Waals surface area contributed by atoms with E-state index in [1.165, 1.54) is 11.1 Å². The van der Waals surface area contributed by atoms with Crippen molar-refractivity contribution in [3.05, 3.63) is 57.3 Å². The minimum atomic E-state index is -1.12. The van der Waals surface area contributed by atoms with E-state index in [0.717, 1.165) is 58.6 Å². The molecular weight excluding hydrogens is 545 g/mol. The molecule has 6 nitrogen and oxygen atoms in total. The number of benzene rings is 1. The molecule has 2 atom stereocenters. The van der Waals surface area contributed by atoms with E-state index in [2.05, 4.69) is 78.0 Å². The highest BCUT2D eigenvalue weighted by Gasteiger charge is 2.50. The number of anilines is 1. The summed E-state index contributed by atoms with van der Waals surface area (Å²) < 4.78 is 19.7. The van der Waals surface area contributed by atoms with Crippen molar-refractivity contribution in [2.75, 3.05) is 18.0 Å². The third-order valence-electron chi connectivity index (χ3n) is 7.39. The molecule has 1 aromatic carbocycles. The van der Waals surface area contributed by atoms with E-state index in [1.54, 1.807) is 0 Å². The monoisotopic (exact) mass is 573 g/mol. The Morgan fingerprint density at radius 3 is 2.67 bits per heavy atom. The van der Waals surface area contributed by atoms with Gasteiger partial charge in [0.1, 0.15) is 15.9 Å². The van der Waals surface area contributed by atoms with E-state index in [-0.39, 0.29) is 16.2 Å². The van der Waals surface area contributed by atoms with Crippen molar-refractivity contribution in [2.45, 2.75) is 50.8 Å². The molecule has 1 fully saturated rings. The molecule has 4 heterocycles. The Kier molecular flexibility index (Phi) is 5.10. The fourth-order valence-electron chi connectivity index (χ4n) is 5.58. The van der Waals surface area contributed by atoms with E-state index in [1.807, 2.05) is 27.0 Å². The fraction of sp³-hybridized carbons (Fsp3) is 0.440. The van der Waals surface area contributed by atoms with Gasteiger partial charge in [0, 0.05) is 29.9 Å². The highest BCUT2D eigenvalue weighted by molar-refractivity contribution is 14.1. The molecule has 4 aromatic rings. The molecule has 0 saturated carbocycles. The normalized spacial score (nSPS) is 21.4. The number of hydrogen-bond donors (Lipinski definition) is 1. The van der Waals surface area contributed by atoms with Gasteiger partial charge in [0.15, 0.2) is 11.5 Å². The molecule has 172 valence electrons. The molecule has 1 aliphatic heterocycles. The Hall–Kier alpha value is -1.62. The van der Waals surface area contributed by atoms with Gasteiger partial charge in [-0.05, 0) is 85.9 Å². The zero-order valence-corrected chi connectivity index (χ0v) is 22.1. The molecule has 1 saturated heterocycles. The van der Waals surface area contributed by atoms with Crippen LogP contribution in [-0.4, -0.2) is 36.8 Å². The number of imidazole rings is 2. The van der Waals surface area contributed by atoms with Gasteiger partial charge in [-0.2, -0.15) is 0 Å². The number of hydrogen-bond acceptors (Lipinski definition) is 5. The van der Waals surface area contributed by atoms with E-state index < -0.39 is 11.4 Å². The predicted molar refractivity (Wildman–Crippen MR) is 142 cm³/mol. The van der Waals surface area contributed by atoms with Crippen LogP contribution in [0.25, 0.3) is 16.8 Å². The Balaban J connectivity index is 1.30. The molecule has 1 spiro atoms. The summed E-state index contributed by atoms with van der Waals surface area (Å²) in [6, 6.07) is 13.0. The van der Waals surface area contributed by atoms with Gasteiger partial charge in [0.2, 0.25) is 0 Å². The first-order valence-corrected chi connectivity index (χ1v) is 13.8. The van der Waals surface area contributed by atoms with Crippen LogP contribution in [0.15, 0.2) is 42.6 Å². The number of piperidine rings is 1. The lowest BCUT2D eigenvalue weighted by Gasteiger charge is -2.44. The Morgan fingerprint density at radius 2 is 1.91 bits per heavy atom. The summed E-state index contributed by atoms with van der Waals surface area (Å²) >= 11 is 1.22. The first-order valence-electron chi connectivity index (χ1n) is 11.5. The van der Waals surface area contributed by atoms with Crippen LogP contribution in [0.1, 0.15) is 50.8 Å². The summed E-state index contributed by atoms with van der Waals surface area (Å²) in [7, 11) is 0. The van der Waals surface area contributed by atoms with Gasteiger partial charge < -0.3 is 9.45 Å². The van der Waals surface area contributed by atoms with Crippen molar-refractivity contribution >= 4 is 56.6 Å². The van der Waals surface area contributed by atoms with Crippen LogP contribution in [0.3, 0.4) is 0 Å². The van der Waals surface area contributed by atoms with Crippen LogP contribution in [0.2, 0.25) is 0 Å². The average molecular weight is 574 g/mol. The second-order valence-electron chi connectivity index (χ2n) is 10.4. The third-order valence-corrected chi connectivity index (χ3v) is 9.80. The Bertz CT molecular complexity index is 1320. The van der Waals surface area contributed by atoms with Crippen molar-refractivity contribution in [3.8, 4) is 0 Å². The maximum atomic E-state index is 13.1. The van der Waals surface area contributed by atoms with Crippen LogP contribution >= 0.6 is 22.6 Å². The zero-order chi connectivity index (χ0) is 23.0. The van der Waals surface area contributed by atoms with Crippen LogP contribution in [0.5, 0.6) is 0 Å². The number of halogens is 1. The molecule has 0 bridgehead atoms. The molecule has 3 aromatic heterocycles. The number of pyridine rings is 1. The van der Waals surface area contributed by atoms with Gasteiger partial charge in [0.25, 0.3) is 0 Å². The summed E-state index contributed by atoms with van der Waals surface area (Å²) in [6.07, 6.45) is 5.07. The summed E-state index contributed by atoms with van der Waals surface area (Å²) in [5.41, 5.74) is 5.83. The molecule has 2 aliphatic rings. The topological polar surface area (TPSA) is 68.5 Å². The highest BCUT2D eigenvalue weighted by atomic mass is 127. The van der Waals surface area contributed by atoms with Gasteiger partial charge in [-0.25, -0.2) is 9.97 Å². The Morgan fingerprint density at radius 1 is 1.15 bits per heavy atom. The minimum Gasteiger partial charge on any atom is -0.598 e. The average Bonchev–Trinajstić information content (AvgIpc) is 3.46. The first kappa shape index (κ1) is 21.9. The molecule has 33 heavy (non-hydrogen) atoms. The van der Waals surface area contributed by atoms with E-state index in [4.69, 9.17) is 4.98 Å². The van der Waals surface area contributed by atoms with Crippen molar-refractivity contribution in [1.29, 1.82) is 0 Å². The lowest BCUT2D eigenvalue weighted by atomic mass is 9.73. The van der Waals surface area contributed by atoms with Gasteiger partial charge in [-0.1, -0.05) is 24.3 Å². The standard InChI is InChI=1S/C25H28IN5OS/c1-24(2,3)33(32)29-21-17-7-5-4-6-16(17)14-25(21)10-12-30(13-11-25)23-19-15-27-22-18(26)8-9-20(28-23)31(19)22/h4-9,15,21,29H,10-14H2,1-3H3/t21-,33?/m1/s1. The second kappa shape index (κ2) is 7.69. The predicted octanol–water partition coefficient (Wildman–Crippen LogP) is 4.86. The molecule has 8 heteroatoms. The summed E-state index contributed by atoms with van der Waals surface area (Å²) in [5, 5.41) is 0. The second-order valence-corrected chi connectivity index (χ2v) is 13.6. The molecule has 6 rings (SSSR count). The number of rotatable bonds is 3. The highest BCUT2D eigenvalue weighted by Crippen LogP contribution is 2.53. The fourth-order valence-corrected chi connectivity index (χ4v) is 7.09. The number of nitrogens with zero attached hydrogens (tertiary/aromatic N) is 4. The maximum Gasteiger partial charge on any atom is 0.157 e. The van der Waals surface area contributed by atoms with Crippen molar-refractivity contribution in [2.24, 2.45) is 5.41 Å². The third kappa shape index (κ3) is 3.44. The van der Waals surface area contributed by atoms with Crippen molar-refractivity contribution < 1.29 is 4.55 Å². The zero-order valence-electron chi connectivity index (χ0n) is 19.1. The smallest absolute Gasteiger partial charge is 0.157 e. The quantitative estimate of drug-likeness (QED) is 0.280. The van der Waals surface area contributed by atoms with Crippen molar-refractivity contribution in [1.82, 2.24) is 19.1 Å². The van der Waals surface area contributed by atoms with Gasteiger partial charge >= 0.3 is 0 Å². The maximum absolute atomic E-state index is 13.1. The molecule has 1 N–H and O–H groups in total. The van der Waals surface area contributed by atoms with Gasteiger partial charge in [0.05, 0.1) is 15.8 Å². The molecule has 1 unspecified atom stereocenters. The lowest BCUT2D eigenvalue weighted by Crippen LogP contribution is -2.49. The van der Waals surface area contributed by atoms with Crippen LogP contribution < -0.4 is 9.62 Å². The number of nitrogens with one attached hydrogen (secondary N) is 1. The first-order chi connectivity index (χ1) is 15.8. The van der Waals surface area contributed by atoms with E-state index >= 15 is 0 Å². The number of fused-ring (bicyclic) bond motifs is 1. The minimum absolute atomic E-state index is 0.0786. The van der Waals surface area contributed by atoms with Gasteiger partial charge in [-0.15, -0.1) is 4.72 Å². The Labute approximate surface area is 211 Å². The van der Waals surface area contributed by atoms with Crippen LogP contribution in [0, 0.1) is 8.99 Å². The summed E-state index contributed by atoms with van der Waals surface area (Å²) in [4.78, 5) is 12.0. The van der Waals surface area contributed by atoms with E-state index in [9.17, 15) is 4.55 Å². The molecular formula is C25H28IN5OS. The van der Waals surface area contributed by atoms with Gasteiger partial charge in [-0.3, -0.25) is 4.40 Å². The largest absolute Gasteiger partial charge is 0.598 e. The summed E-state index contributed by atoms with van der Waals surface area (Å²) in [6.45, 7) is 7.98. The summed E-state index contributed by atoms with van der Waals surface area (Å²) in [5.74, 6) is 1.03.